The van der Waals surface area contributed by atoms with Crippen LogP contribution < -0.4 is 5.43 Å². The van der Waals surface area contributed by atoms with Crippen molar-refractivity contribution < 1.29 is 0 Å². The summed E-state index contributed by atoms with van der Waals surface area (Å²) in [6.07, 6.45) is 4.41. The van der Waals surface area contributed by atoms with Crippen molar-refractivity contribution in [2.24, 2.45) is 0 Å². The van der Waals surface area contributed by atoms with E-state index in [0.717, 1.165) is 19.6 Å². The lowest BCUT2D eigenvalue weighted by molar-refractivity contribution is 0.146. The lowest BCUT2D eigenvalue weighted by Gasteiger charge is -2.26. The third-order valence-corrected chi connectivity index (χ3v) is 3.16. The maximum absolute atomic E-state index is 5.75. The molecular formula is C8H12ClN3S. The maximum atomic E-state index is 5.75. The minimum atomic E-state index is 0.631. The van der Waals surface area contributed by atoms with Crippen molar-refractivity contribution in [3.63, 3.8) is 0 Å². The van der Waals surface area contributed by atoms with Gasteiger partial charge in [-0.3, -0.25) is 5.43 Å². The molecule has 0 radical (unpaired) electrons. The van der Waals surface area contributed by atoms with Gasteiger partial charge in [-0.05, 0) is 12.8 Å². The van der Waals surface area contributed by atoms with Crippen molar-refractivity contribution >= 4 is 22.9 Å². The molecule has 1 aliphatic rings. The standard InChI is InChI=1S/C8H12ClN3S/c9-8-10-5-7(13-8)6-12-4-2-1-3-11-12/h5,11H,1-4,6H2. The van der Waals surface area contributed by atoms with Gasteiger partial charge in [-0.2, -0.15) is 0 Å². The molecule has 0 saturated carbocycles. The number of rotatable bonds is 2. The molecule has 1 aromatic heterocycles. The summed E-state index contributed by atoms with van der Waals surface area (Å²) in [6.45, 7) is 3.13. The highest BCUT2D eigenvalue weighted by Crippen LogP contribution is 2.19. The third-order valence-electron chi connectivity index (χ3n) is 2.06. The highest BCUT2D eigenvalue weighted by atomic mass is 35.5. The average Bonchev–Trinajstić information content (AvgIpc) is 2.53. The van der Waals surface area contributed by atoms with Crippen molar-refractivity contribution in [1.82, 2.24) is 15.4 Å². The van der Waals surface area contributed by atoms with Gasteiger partial charge in [-0.1, -0.05) is 11.6 Å². The zero-order valence-electron chi connectivity index (χ0n) is 7.29. The molecule has 0 spiro atoms. The normalized spacial score (nSPS) is 19.2. The summed E-state index contributed by atoms with van der Waals surface area (Å²) >= 11 is 7.30. The van der Waals surface area contributed by atoms with E-state index < -0.39 is 0 Å². The van der Waals surface area contributed by atoms with E-state index in [1.807, 2.05) is 6.20 Å². The summed E-state index contributed by atoms with van der Waals surface area (Å²) in [5, 5.41) is 2.23. The van der Waals surface area contributed by atoms with Gasteiger partial charge in [0.25, 0.3) is 0 Å². The Hall–Kier alpha value is -0.160. The molecule has 72 valence electrons. The first-order valence-corrected chi connectivity index (χ1v) is 5.63. The summed E-state index contributed by atoms with van der Waals surface area (Å²) in [7, 11) is 0. The van der Waals surface area contributed by atoms with Crippen LogP contribution >= 0.6 is 22.9 Å². The number of nitrogens with one attached hydrogen (secondary N) is 1. The first kappa shape index (κ1) is 9.40. The first-order chi connectivity index (χ1) is 6.34. The molecule has 3 nitrogen and oxygen atoms in total. The van der Waals surface area contributed by atoms with Gasteiger partial charge in [-0.15, -0.1) is 11.3 Å². The van der Waals surface area contributed by atoms with Crippen LogP contribution in [0.3, 0.4) is 0 Å². The van der Waals surface area contributed by atoms with E-state index in [4.69, 9.17) is 11.6 Å². The molecule has 2 heterocycles. The summed E-state index contributed by atoms with van der Waals surface area (Å²) in [6, 6.07) is 0. The Labute approximate surface area is 86.7 Å². The highest BCUT2D eigenvalue weighted by molar-refractivity contribution is 7.15. The van der Waals surface area contributed by atoms with Gasteiger partial charge in [-0.25, -0.2) is 9.99 Å². The summed E-state index contributed by atoms with van der Waals surface area (Å²) < 4.78 is 0.631. The molecule has 1 N–H and O–H groups in total. The maximum Gasteiger partial charge on any atom is 0.183 e. The van der Waals surface area contributed by atoms with E-state index in [2.05, 4.69) is 15.4 Å². The van der Waals surface area contributed by atoms with Crippen LogP contribution in [-0.2, 0) is 6.54 Å². The molecule has 5 heteroatoms. The van der Waals surface area contributed by atoms with E-state index in [1.54, 1.807) is 11.3 Å². The predicted octanol–water partition coefficient (Wildman–Crippen LogP) is 1.90. The average molecular weight is 218 g/mol. The Balaban J connectivity index is 1.89. The van der Waals surface area contributed by atoms with E-state index in [9.17, 15) is 0 Å². The van der Waals surface area contributed by atoms with Crippen molar-refractivity contribution in [3.05, 3.63) is 15.5 Å². The van der Waals surface area contributed by atoms with Crippen LogP contribution in [0.4, 0.5) is 0 Å². The van der Waals surface area contributed by atoms with Crippen LogP contribution in [0.5, 0.6) is 0 Å². The second kappa shape index (κ2) is 4.37. The van der Waals surface area contributed by atoms with Gasteiger partial charge >= 0.3 is 0 Å². The van der Waals surface area contributed by atoms with E-state index in [-0.39, 0.29) is 0 Å². The van der Waals surface area contributed by atoms with Gasteiger partial charge < -0.3 is 0 Å². The molecule has 0 aromatic carbocycles. The lowest BCUT2D eigenvalue weighted by Crippen LogP contribution is -2.42. The number of hydrogen-bond acceptors (Lipinski definition) is 4. The van der Waals surface area contributed by atoms with Crippen LogP contribution in [0, 0.1) is 0 Å². The SMILES string of the molecule is Clc1ncc(CN2CCCCN2)s1. The number of nitrogens with zero attached hydrogens (tertiary/aromatic N) is 2. The largest absolute Gasteiger partial charge is 0.255 e. The van der Waals surface area contributed by atoms with Gasteiger partial charge in [0.2, 0.25) is 0 Å². The molecule has 0 bridgehead atoms. The molecule has 1 fully saturated rings. The Morgan fingerprint density at radius 2 is 2.54 bits per heavy atom. The van der Waals surface area contributed by atoms with Gasteiger partial charge in [0.1, 0.15) is 0 Å². The minimum Gasteiger partial charge on any atom is -0.255 e. The minimum absolute atomic E-state index is 0.631. The van der Waals surface area contributed by atoms with E-state index >= 15 is 0 Å². The Kier molecular flexibility index (Phi) is 3.16. The molecule has 2 rings (SSSR count). The van der Waals surface area contributed by atoms with Gasteiger partial charge in [0.05, 0.1) is 0 Å². The molecular weight excluding hydrogens is 206 g/mol. The second-order valence-corrected chi connectivity index (χ2v) is 4.81. The summed E-state index contributed by atoms with van der Waals surface area (Å²) in [4.78, 5) is 5.23. The summed E-state index contributed by atoms with van der Waals surface area (Å²) in [5.74, 6) is 0. The van der Waals surface area contributed by atoms with E-state index in [1.165, 1.54) is 17.7 Å². The smallest absolute Gasteiger partial charge is 0.183 e. The van der Waals surface area contributed by atoms with Gasteiger partial charge in [0.15, 0.2) is 4.47 Å². The first-order valence-electron chi connectivity index (χ1n) is 4.43. The molecule has 0 atom stereocenters. The Bertz CT molecular complexity index is 270. The monoisotopic (exact) mass is 217 g/mol. The lowest BCUT2D eigenvalue weighted by atomic mass is 10.2. The number of aromatic nitrogens is 1. The molecule has 1 aromatic rings. The number of hydrazine groups is 1. The molecule has 1 saturated heterocycles. The van der Waals surface area contributed by atoms with Crippen LogP contribution in [0.1, 0.15) is 17.7 Å². The summed E-state index contributed by atoms with van der Waals surface area (Å²) in [5.41, 5.74) is 3.35. The highest BCUT2D eigenvalue weighted by Gasteiger charge is 2.10. The van der Waals surface area contributed by atoms with Gasteiger partial charge in [0, 0.05) is 30.7 Å². The molecule has 1 aliphatic heterocycles. The second-order valence-electron chi connectivity index (χ2n) is 3.12. The fourth-order valence-electron chi connectivity index (χ4n) is 1.42. The van der Waals surface area contributed by atoms with Crippen molar-refractivity contribution in [2.75, 3.05) is 13.1 Å². The molecule has 0 amide bonds. The zero-order chi connectivity index (χ0) is 9.10. The van der Waals surface area contributed by atoms with Crippen molar-refractivity contribution in [1.29, 1.82) is 0 Å². The Morgan fingerprint density at radius 1 is 1.62 bits per heavy atom. The van der Waals surface area contributed by atoms with Crippen LogP contribution in [0.15, 0.2) is 6.20 Å². The van der Waals surface area contributed by atoms with Crippen LogP contribution in [-0.4, -0.2) is 23.1 Å². The third kappa shape index (κ3) is 2.64. The molecule has 13 heavy (non-hydrogen) atoms. The number of hydrogen-bond donors (Lipinski definition) is 1. The molecule has 0 aliphatic carbocycles. The fourth-order valence-corrected chi connectivity index (χ4v) is 2.42. The number of halogens is 1. The van der Waals surface area contributed by atoms with Crippen molar-refractivity contribution in [3.8, 4) is 0 Å². The fraction of sp³-hybridized carbons (Fsp3) is 0.625. The quantitative estimate of drug-likeness (QED) is 0.820. The predicted molar refractivity (Wildman–Crippen MR) is 54.8 cm³/mol. The van der Waals surface area contributed by atoms with E-state index in [0.29, 0.717) is 4.47 Å². The topological polar surface area (TPSA) is 28.2 Å². The van der Waals surface area contributed by atoms with Crippen LogP contribution in [0.2, 0.25) is 4.47 Å². The number of thiazole rings is 1. The van der Waals surface area contributed by atoms with Crippen LogP contribution in [0.25, 0.3) is 0 Å². The molecule has 0 unspecified atom stereocenters. The van der Waals surface area contributed by atoms with Crippen molar-refractivity contribution in [2.45, 2.75) is 19.4 Å². The Morgan fingerprint density at radius 3 is 3.15 bits per heavy atom. The zero-order valence-corrected chi connectivity index (χ0v) is 8.87.